The van der Waals surface area contributed by atoms with Crippen LogP contribution in [0, 0.1) is 11.6 Å². The van der Waals surface area contributed by atoms with E-state index in [-0.39, 0.29) is 6.04 Å². The molecule has 2 N–H and O–H groups in total. The lowest BCUT2D eigenvalue weighted by Gasteiger charge is -2.12. The van der Waals surface area contributed by atoms with Gasteiger partial charge in [0.25, 0.3) is 0 Å². The van der Waals surface area contributed by atoms with Gasteiger partial charge in [-0.05, 0) is 48.2 Å². The Bertz CT molecular complexity index is 534. The standard InChI is InChI=1S/C15H14ClF2N/c16-12-3-1-10(2-4-12)7-15(19)8-11-5-13(17)9-14(18)6-11/h1-6,9,15H,7-8,19H2. The fourth-order valence-corrected chi connectivity index (χ4v) is 2.15. The molecular weight excluding hydrogens is 268 g/mol. The van der Waals surface area contributed by atoms with Crippen LogP contribution in [0.25, 0.3) is 0 Å². The lowest BCUT2D eigenvalue weighted by molar-refractivity contribution is 0.574. The Hall–Kier alpha value is -1.45. The molecule has 0 saturated carbocycles. The molecule has 0 amide bonds. The average molecular weight is 282 g/mol. The van der Waals surface area contributed by atoms with Gasteiger partial charge in [0.15, 0.2) is 0 Å². The van der Waals surface area contributed by atoms with E-state index in [1.807, 2.05) is 12.1 Å². The van der Waals surface area contributed by atoms with Crippen LogP contribution in [0.15, 0.2) is 42.5 Å². The quantitative estimate of drug-likeness (QED) is 0.908. The Balaban J connectivity index is 2.00. The molecule has 0 fully saturated rings. The van der Waals surface area contributed by atoms with E-state index in [9.17, 15) is 8.78 Å². The van der Waals surface area contributed by atoms with Gasteiger partial charge in [-0.2, -0.15) is 0 Å². The van der Waals surface area contributed by atoms with Gasteiger partial charge in [-0.15, -0.1) is 0 Å². The first-order valence-electron chi connectivity index (χ1n) is 5.98. The normalized spacial score (nSPS) is 12.4. The van der Waals surface area contributed by atoms with Crippen molar-refractivity contribution in [1.82, 2.24) is 0 Å². The van der Waals surface area contributed by atoms with E-state index < -0.39 is 11.6 Å². The minimum absolute atomic E-state index is 0.192. The summed E-state index contributed by atoms with van der Waals surface area (Å²) in [5, 5.41) is 0.671. The van der Waals surface area contributed by atoms with Gasteiger partial charge in [0.1, 0.15) is 11.6 Å². The van der Waals surface area contributed by atoms with Crippen LogP contribution >= 0.6 is 11.6 Å². The molecule has 0 saturated heterocycles. The largest absolute Gasteiger partial charge is 0.327 e. The smallest absolute Gasteiger partial charge is 0.126 e. The molecule has 0 radical (unpaired) electrons. The van der Waals surface area contributed by atoms with Crippen molar-refractivity contribution in [3.05, 3.63) is 70.2 Å². The summed E-state index contributed by atoms with van der Waals surface area (Å²) in [7, 11) is 0. The lowest BCUT2D eigenvalue weighted by Crippen LogP contribution is -2.25. The molecule has 0 aliphatic carbocycles. The van der Waals surface area contributed by atoms with Crippen molar-refractivity contribution in [2.45, 2.75) is 18.9 Å². The summed E-state index contributed by atoms with van der Waals surface area (Å²) in [6, 6.07) is 10.7. The number of hydrogen-bond donors (Lipinski definition) is 1. The molecule has 0 aliphatic rings. The molecule has 0 heterocycles. The van der Waals surface area contributed by atoms with E-state index >= 15 is 0 Å². The zero-order chi connectivity index (χ0) is 13.8. The maximum Gasteiger partial charge on any atom is 0.126 e. The molecule has 0 bridgehead atoms. The third-order valence-corrected chi connectivity index (χ3v) is 3.08. The third kappa shape index (κ3) is 4.30. The first-order chi connectivity index (χ1) is 9.02. The molecule has 2 aromatic carbocycles. The van der Waals surface area contributed by atoms with Gasteiger partial charge in [0.2, 0.25) is 0 Å². The topological polar surface area (TPSA) is 26.0 Å². The van der Waals surface area contributed by atoms with Crippen molar-refractivity contribution in [2.75, 3.05) is 0 Å². The van der Waals surface area contributed by atoms with Crippen molar-refractivity contribution in [3.8, 4) is 0 Å². The summed E-state index contributed by atoms with van der Waals surface area (Å²) < 4.78 is 26.1. The van der Waals surface area contributed by atoms with Crippen LogP contribution in [0.4, 0.5) is 8.78 Å². The number of rotatable bonds is 4. The van der Waals surface area contributed by atoms with Gasteiger partial charge in [-0.3, -0.25) is 0 Å². The Labute approximate surface area is 116 Å². The lowest BCUT2D eigenvalue weighted by atomic mass is 10.00. The first-order valence-corrected chi connectivity index (χ1v) is 6.36. The highest BCUT2D eigenvalue weighted by atomic mass is 35.5. The van der Waals surface area contributed by atoms with Crippen molar-refractivity contribution in [3.63, 3.8) is 0 Å². The summed E-state index contributed by atoms with van der Waals surface area (Å²) in [5.41, 5.74) is 7.62. The Morgan fingerprint density at radius 3 is 2.00 bits per heavy atom. The van der Waals surface area contributed by atoms with Crippen molar-refractivity contribution in [1.29, 1.82) is 0 Å². The zero-order valence-electron chi connectivity index (χ0n) is 10.2. The van der Waals surface area contributed by atoms with Gasteiger partial charge in [0, 0.05) is 17.1 Å². The fourth-order valence-electron chi connectivity index (χ4n) is 2.03. The van der Waals surface area contributed by atoms with Gasteiger partial charge in [-0.1, -0.05) is 23.7 Å². The molecule has 0 spiro atoms. The number of nitrogens with two attached hydrogens (primary N) is 1. The maximum absolute atomic E-state index is 13.1. The predicted molar refractivity (Wildman–Crippen MR) is 73.2 cm³/mol. The van der Waals surface area contributed by atoms with Crippen LogP contribution in [0.2, 0.25) is 5.02 Å². The van der Waals surface area contributed by atoms with E-state index in [0.29, 0.717) is 23.4 Å². The molecular formula is C15H14ClF2N. The molecule has 0 aliphatic heterocycles. The highest BCUT2D eigenvalue weighted by molar-refractivity contribution is 6.30. The highest BCUT2D eigenvalue weighted by Gasteiger charge is 2.08. The Morgan fingerprint density at radius 2 is 1.42 bits per heavy atom. The van der Waals surface area contributed by atoms with E-state index in [4.69, 9.17) is 17.3 Å². The minimum atomic E-state index is -0.575. The SMILES string of the molecule is NC(Cc1ccc(Cl)cc1)Cc1cc(F)cc(F)c1. The van der Waals surface area contributed by atoms with Crippen LogP contribution < -0.4 is 5.73 Å². The summed E-state index contributed by atoms with van der Waals surface area (Å²) in [4.78, 5) is 0. The van der Waals surface area contributed by atoms with Crippen LogP contribution in [-0.2, 0) is 12.8 Å². The molecule has 1 nitrogen and oxygen atoms in total. The van der Waals surface area contributed by atoms with Crippen molar-refractivity contribution >= 4 is 11.6 Å². The van der Waals surface area contributed by atoms with E-state index in [0.717, 1.165) is 11.6 Å². The second-order valence-electron chi connectivity index (χ2n) is 4.57. The van der Waals surface area contributed by atoms with E-state index in [1.165, 1.54) is 12.1 Å². The van der Waals surface area contributed by atoms with Crippen LogP contribution in [-0.4, -0.2) is 6.04 Å². The fraction of sp³-hybridized carbons (Fsp3) is 0.200. The summed E-state index contributed by atoms with van der Waals surface area (Å²) in [6.07, 6.45) is 1.06. The van der Waals surface area contributed by atoms with Crippen molar-refractivity contribution < 1.29 is 8.78 Å². The van der Waals surface area contributed by atoms with Crippen LogP contribution in [0.1, 0.15) is 11.1 Å². The second-order valence-corrected chi connectivity index (χ2v) is 5.01. The summed E-state index contributed by atoms with van der Waals surface area (Å²) in [5.74, 6) is -1.15. The molecule has 0 aromatic heterocycles. The average Bonchev–Trinajstić information content (AvgIpc) is 2.30. The number of halogens is 3. The van der Waals surface area contributed by atoms with Crippen LogP contribution in [0.3, 0.4) is 0 Å². The van der Waals surface area contributed by atoms with Crippen LogP contribution in [0.5, 0.6) is 0 Å². The summed E-state index contributed by atoms with van der Waals surface area (Å²) in [6.45, 7) is 0. The van der Waals surface area contributed by atoms with Crippen molar-refractivity contribution in [2.24, 2.45) is 5.73 Å². The molecule has 2 rings (SSSR count). The minimum Gasteiger partial charge on any atom is -0.327 e. The monoisotopic (exact) mass is 281 g/mol. The number of hydrogen-bond acceptors (Lipinski definition) is 1. The van der Waals surface area contributed by atoms with Gasteiger partial charge >= 0.3 is 0 Å². The molecule has 1 atom stereocenters. The zero-order valence-corrected chi connectivity index (χ0v) is 11.0. The highest BCUT2D eigenvalue weighted by Crippen LogP contribution is 2.14. The van der Waals surface area contributed by atoms with Gasteiger partial charge in [-0.25, -0.2) is 8.78 Å². The molecule has 1 unspecified atom stereocenters. The summed E-state index contributed by atoms with van der Waals surface area (Å²) >= 11 is 5.80. The van der Waals surface area contributed by atoms with E-state index in [2.05, 4.69) is 0 Å². The second kappa shape index (κ2) is 6.13. The maximum atomic E-state index is 13.1. The van der Waals surface area contributed by atoms with Gasteiger partial charge in [0.05, 0.1) is 0 Å². The molecule has 19 heavy (non-hydrogen) atoms. The van der Waals surface area contributed by atoms with E-state index in [1.54, 1.807) is 12.1 Å². The Morgan fingerprint density at radius 1 is 0.895 bits per heavy atom. The Kier molecular flexibility index (Phi) is 4.51. The molecule has 100 valence electrons. The number of benzene rings is 2. The molecule has 2 aromatic rings. The first kappa shape index (κ1) is 14.0. The molecule has 4 heteroatoms. The van der Waals surface area contributed by atoms with Gasteiger partial charge < -0.3 is 5.73 Å². The third-order valence-electron chi connectivity index (χ3n) is 2.83. The predicted octanol–water partition coefficient (Wildman–Crippen LogP) is 3.73.